The van der Waals surface area contributed by atoms with Gasteiger partial charge in [-0.25, -0.2) is 0 Å². The van der Waals surface area contributed by atoms with Crippen molar-refractivity contribution in [3.8, 4) is 0 Å². The molecule has 0 radical (unpaired) electrons. The average molecular weight is 280 g/mol. The maximum atomic E-state index is 12.7. The van der Waals surface area contributed by atoms with Gasteiger partial charge in [-0.1, -0.05) is 46.8 Å². The highest BCUT2D eigenvalue weighted by Gasteiger charge is 2.44. The summed E-state index contributed by atoms with van der Waals surface area (Å²) in [4.78, 5) is 26.8. The van der Waals surface area contributed by atoms with Gasteiger partial charge in [0.25, 0.3) is 0 Å². The number of nitrogens with zero attached hydrogens (tertiary/aromatic N) is 1. The zero-order valence-corrected chi connectivity index (χ0v) is 13.6. The third kappa shape index (κ3) is 3.84. The van der Waals surface area contributed by atoms with Gasteiger partial charge in [0, 0.05) is 6.54 Å². The quantitative estimate of drug-likeness (QED) is 0.804. The Hall–Kier alpha value is -1.32. The lowest BCUT2D eigenvalue weighted by Gasteiger charge is -2.43. The molecule has 20 heavy (non-hydrogen) atoms. The minimum absolute atomic E-state index is 0.0253. The molecular formula is C16H28N2O2. The topological polar surface area (TPSA) is 49.4 Å². The molecule has 2 amide bonds. The highest BCUT2D eigenvalue weighted by atomic mass is 16.2. The van der Waals surface area contributed by atoms with Crippen LogP contribution in [0.2, 0.25) is 0 Å². The van der Waals surface area contributed by atoms with Gasteiger partial charge in [0.05, 0.1) is 0 Å². The summed E-state index contributed by atoms with van der Waals surface area (Å²) in [6, 6.07) is -0.791. The first-order valence-electron chi connectivity index (χ1n) is 7.40. The summed E-state index contributed by atoms with van der Waals surface area (Å²) in [7, 11) is 0. The van der Waals surface area contributed by atoms with Crippen LogP contribution in [0.25, 0.3) is 0 Å². The van der Waals surface area contributed by atoms with Gasteiger partial charge in [0.2, 0.25) is 11.8 Å². The van der Waals surface area contributed by atoms with Gasteiger partial charge in [-0.15, -0.1) is 0 Å². The van der Waals surface area contributed by atoms with Gasteiger partial charge in [0.15, 0.2) is 0 Å². The number of carbonyl (C=O) groups excluding carboxylic acids is 2. The van der Waals surface area contributed by atoms with Crippen molar-refractivity contribution in [2.24, 2.45) is 11.3 Å². The lowest BCUT2D eigenvalue weighted by molar-refractivity contribution is -0.152. The molecule has 1 aliphatic heterocycles. The van der Waals surface area contributed by atoms with Crippen LogP contribution in [0.5, 0.6) is 0 Å². The second kappa shape index (κ2) is 6.42. The average Bonchev–Trinajstić information content (AvgIpc) is 2.31. The number of piperazine rings is 1. The summed E-state index contributed by atoms with van der Waals surface area (Å²) in [5, 5.41) is 2.91. The van der Waals surface area contributed by atoms with E-state index in [2.05, 4.69) is 19.2 Å². The second-order valence-electron chi connectivity index (χ2n) is 7.01. The minimum Gasteiger partial charge on any atom is -0.342 e. The van der Waals surface area contributed by atoms with Crippen molar-refractivity contribution in [1.29, 1.82) is 0 Å². The Balaban J connectivity index is 3.04. The minimum atomic E-state index is -0.441. The van der Waals surface area contributed by atoms with Crippen LogP contribution in [0, 0.1) is 11.3 Å². The van der Waals surface area contributed by atoms with Gasteiger partial charge in [-0.2, -0.15) is 0 Å². The smallest absolute Gasteiger partial charge is 0.246 e. The molecule has 0 spiro atoms. The van der Waals surface area contributed by atoms with Crippen LogP contribution in [0.4, 0.5) is 0 Å². The molecule has 4 nitrogen and oxygen atoms in total. The van der Waals surface area contributed by atoms with E-state index in [0.29, 0.717) is 18.9 Å². The fourth-order valence-electron chi connectivity index (χ4n) is 2.47. The van der Waals surface area contributed by atoms with Crippen LogP contribution in [-0.4, -0.2) is 35.3 Å². The van der Waals surface area contributed by atoms with E-state index in [1.165, 1.54) is 0 Å². The molecule has 0 aliphatic carbocycles. The van der Waals surface area contributed by atoms with E-state index in [9.17, 15) is 9.59 Å². The van der Waals surface area contributed by atoms with Gasteiger partial charge in [-0.05, 0) is 24.7 Å². The Kier molecular flexibility index (Phi) is 5.37. The monoisotopic (exact) mass is 280 g/mol. The van der Waals surface area contributed by atoms with E-state index < -0.39 is 6.04 Å². The van der Waals surface area contributed by atoms with Crippen molar-refractivity contribution >= 4 is 11.8 Å². The summed E-state index contributed by atoms with van der Waals surface area (Å²) in [5.41, 5.74) is -0.274. The summed E-state index contributed by atoms with van der Waals surface area (Å²) in [6.45, 7) is 12.5. The lowest BCUT2D eigenvalue weighted by atomic mass is 9.83. The Morgan fingerprint density at radius 1 is 1.30 bits per heavy atom. The predicted molar refractivity (Wildman–Crippen MR) is 81.2 cm³/mol. The van der Waals surface area contributed by atoms with E-state index in [1.54, 1.807) is 4.90 Å². The molecule has 1 rings (SSSR count). The molecule has 0 aromatic heterocycles. The normalized spacial score (nSPS) is 24.6. The molecule has 2 atom stereocenters. The number of hydrogen-bond donors (Lipinski definition) is 1. The zero-order chi connectivity index (χ0) is 15.5. The molecule has 1 saturated heterocycles. The summed E-state index contributed by atoms with van der Waals surface area (Å²) >= 11 is 0. The number of carbonyl (C=O) groups is 2. The maximum Gasteiger partial charge on any atom is 0.246 e. The molecule has 4 heteroatoms. The van der Waals surface area contributed by atoms with Crippen LogP contribution in [0.1, 0.15) is 48.0 Å². The fourth-order valence-corrected chi connectivity index (χ4v) is 2.47. The predicted octanol–water partition coefficient (Wildman–Crippen LogP) is 2.35. The summed E-state index contributed by atoms with van der Waals surface area (Å²) in [5.74, 6) is 0.376. The molecule has 114 valence electrons. The first-order chi connectivity index (χ1) is 9.18. The molecule has 1 N–H and O–H groups in total. The van der Waals surface area contributed by atoms with E-state index >= 15 is 0 Å². The molecule has 1 fully saturated rings. The van der Waals surface area contributed by atoms with E-state index in [0.717, 1.165) is 0 Å². The molecule has 1 heterocycles. The largest absolute Gasteiger partial charge is 0.342 e. The van der Waals surface area contributed by atoms with E-state index in [4.69, 9.17) is 0 Å². The third-order valence-corrected chi connectivity index (χ3v) is 3.59. The van der Waals surface area contributed by atoms with Crippen molar-refractivity contribution < 1.29 is 9.59 Å². The van der Waals surface area contributed by atoms with Crippen LogP contribution in [0.3, 0.4) is 0 Å². The van der Waals surface area contributed by atoms with Crippen LogP contribution < -0.4 is 5.32 Å². The molecule has 0 bridgehead atoms. The Morgan fingerprint density at radius 3 is 2.35 bits per heavy atom. The number of allylic oxidation sites excluding steroid dienone is 1. The maximum absolute atomic E-state index is 12.7. The van der Waals surface area contributed by atoms with Gasteiger partial charge in [-0.3, -0.25) is 9.59 Å². The van der Waals surface area contributed by atoms with Crippen LogP contribution in [-0.2, 0) is 9.59 Å². The van der Waals surface area contributed by atoms with E-state index in [-0.39, 0.29) is 23.3 Å². The second-order valence-corrected chi connectivity index (χ2v) is 7.01. The highest BCUT2D eigenvalue weighted by Crippen LogP contribution is 2.27. The molecule has 1 aliphatic rings. The Bertz CT molecular complexity index is 394. The third-order valence-electron chi connectivity index (χ3n) is 3.59. The Morgan fingerprint density at radius 2 is 1.90 bits per heavy atom. The number of rotatable bonds is 4. The van der Waals surface area contributed by atoms with Crippen molar-refractivity contribution in [2.45, 2.75) is 60.0 Å². The van der Waals surface area contributed by atoms with Crippen molar-refractivity contribution in [3.05, 3.63) is 12.2 Å². The SMILES string of the molecule is C/C=C/CN1C(=O)C(C(C)(C)C)NC(=O)C1CC(C)C. The number of amides is 2. The highest BCUT2D eigenvalue weighted by molar-refractivity contribution is 5.97. The van der Waals surface area contributed by atoms with Gasteiger partial charge < -0.3 is 10.2 Å². The summed E-state index contributed by atoms with van der Waals surface area (Å²) in [6.07, 6.45) is 4.55. The van der Waals surface area contributed by atoms with Crippen molar-refractivity contribution in [3.63, 3.8) is 0 Å². The molecule has 0 saturated carbocycles. The molecular weight excluding hydrogens is 252 g/mol. The Labute approximate surface area is 122 Å². The standard InChI is InChI=1S/C16H28N2O2/c1-7-8-9-18-12(10-11(2)3)14(19)17-13(15(18)20)16(4,5)6/h7-8,11-13H,9-10H2,1-6H3,(H,17,19)/b8-7+. The molecule has 0 aromatic carbocycles. The van der Waals surface area contributed by atoms with Crippen LogP contribution >= 0.6 is 0 Å². The van der Waals surface area contributed by atoms with Crippen molar-refractivity contribution in [2.75, 3.05) is 6.54 Å². The lowest BCUT2D eigenvalue weighted by Crippen LogP contribution is -2.66. The fraction of sp³-hybridized carbons (Fsp3) is 0.750. The summed E-state index contributed by atoms with van der Waals surface area (Å²) < 4.78 is 0. The van der Waals surface area contributed by atoms with Crippen LogP contribution in [0.15, 0.2) is 12.2 Å². The van der Waals surface area contributed by atoms with Crippen molar-refractivity contribution in [1.82, 2.24) is 10.2 Å². The molecule has 0 aromatic rings. The van der Waals surface area contributed by atoms with Gasteiger partial charge in [0.1, 0.15) is 12.1 Å². The van der Waals surface area contributed by atoms with Gasteiger partial charge >= 0.3 is 0 Å². The van der Waals surface area contributed by atoms with E-state index in [1.807, 2.05) is 39.8 Å². The first-order valence-corrected chi connectivity index (χ1v) is 7.40. The number of hydrogen-bond acceptors (Lipinski definition) is 2. The molecule has 2 unspecified atom stereocenters. The number of nitrogens with one attached hydrogen (secondary N) is 1. The zero-order valence-electron chi connectivity index (χ0n) is 13.6. The first kappa shape index (κ1) is 16.7.